The molecule has 0 N–H and O–H groups in total. The van der Waals surface area contributed by atoms with Crippen LogP contribution in [0, 0.1) is 0 Å². The van der Waals surface area contributed by atoms with Crippen LogP contribution in [0.5, 0.6) is 0 Å². The lowest BCUT2D eigenvalue weighted by atomic mass is 10.2. The van der Waals surface area contributed by atoms with Crippen LogP contribution in [-0.4, -0.2) is 8.35 Å². The van der Waals surface area contributed by atoms with Gasteiger partial charge in [0.25, 0.3) is 0 Å². The Morgan fingerprint density at radius 1 is 1.33 bits per heavy atom. The molecule has 0 rings (SSSR count). The minimum atomic E-state index is 0.930. The highest BCUT2D eigenvalue weighted by Gasteiger charge is 1.99. The van der Waals surface area contributed by atoms with Gasteiger partial charge in [0.1, 0.15) is 0 Å². The van der Waals surface area contributed by atoms with E-state index in [9.17, 15) is 0 Å². The molecule has 0 aromatic rings. The smallest absolute Gasteiger partial charge is 0.0117 e. The normalized spacial score (nSPS) is 13.7. The van der Waals surface area contributed by atoms with Gasteiger partial charge in [-0.1, -0.05) is 64.9 Å². The number of hydrogen-bond donors (Lipinski definition) is 0. The van der Waals surface area contributed by atoms with Crippen molar-refractivity contribution in [2.45, 2.75) is 36.5 Å². The standard InChI is InChI=1S/C7H14I2/c1-2-3-4-7(9)5-6-8/h7H,2-6H2,1H3. The fraction of sp³-hybridized carbons (Fsp3) is 1.00. The highest BCUT2D eigenvalue weighted by atomic mass is 127. The van der Waals surface area contributed by atoms with Crippen molar-refractivity contribution in [2.75, 3.05) is 4.43 Å². The van der Waals surface area contributed by atoms with Crippen LogP contribution in [0.1, 0.15) is 32.6 Å². The zero-order valence-electron chi connectivity index (χ0n) is 5.87. The van der Waals surface area contributed by atoms with Gasteiger partial charge in [-0.25, -0.2) is 0 Å². The summed E-state index contributed by atoms with van der Waals surface area (Å²) in [5, 5.41) is 0. The van der Waals surface area contributed by atoms with Gasteiger partial charge in [-0.05, 0) is 12.8 Å². The second-order valence-electron chi connectivity index (χ2n) is 2.22. The largest absolute Gasteiger partial charge is 0.0863 e. The monoisotopic (exact) mass is 352 g/mol. The van der Waals surface area contributed by atoms with Crippen LogP contribution in [0.15, 0.2) is 0 Å². The van der Waals surface area contributed by atoms with Gasteiger partial charge in [-0.2, -0.15) is 0 Å². The van der Waals surface area contributed by atoms with Crippen LogP contribution in [-0.2, 0) is 0 Å². The molecule has 0 radical (unpaired) electrons. The van der Waals surface area contributed by atoms with Gasteiger partial charge < -0.3 is 0 Å². The molecule has 0 fully saturated rings. The van der Waals surface area contributed by atoms with Gasteiger partial charge in [0.15, 0.2) is 0 Å². The van der Waals surface area contributed by atoms with Gasteiger partial charge in [0, 0.05) is 8.35 Å². The molecule has 0 saturated heterocycles. The molecule has 0 nitrogen and oxygen atoms in total. The lowest BCUT2D eigenvalue weighted by Crippen LogP contribution is -1.96. The zero-order valence-corrected chi connectivity index (χ0v) is 10.2. The van der Waals surface area contributed by atoms with Crippen LogP contribution in [0.4, 0.5) is 0 Å². The van der Waals surface area contributed by atoms with Gasteiger partial charge in [0.05, 0.1) is 0 Å². The summed E-state index contributed by atoms with van der Waals surface area (Å²) >= 11 is 5.01. The summed E-state index contributed by atoms with van der Waals surface area (Å²) in [5.41, 5.74) is 0. The Labute approximate surface area is 85.5 Å². The molecule has 1 atom stereocenters. The van der Waals surface area contributed by atoms with Crippen molar-refractivity contribution in [2.24, 2.45) is 0 Å². The summed E-state index contributed by atoms with van der Waals surface area (Å²) in [6.45, 7) is 2.26. The van der Waals surface area contributed by atoms with E-state index in [1.807, 2.05) is 0 Å². The number of halogens is 2. The molecule has 9 heavy (non-hydrogen) atoms. The molecule has 0 aliphatic heterocycles. The molecule has 0 aromatic carbocycles. The SMILES string of the molecule is CCCCC(I)CCI. The van der Waals surface area contributed by atoms with Gasteiger partial charge in [-0.15, -0.1) is 0 Å². The second kappa shape index (κ2) is 7.57. The first kappa shape index (κ1) is 10.5. The first-order valence-electron chi connectivity index (χ1n) is 3.51. The number of unbranched alkanes of at least 4 members (excludes halogenated alkanes) is 1. The second-order valence-corrected chi connectivity index (χ2v) is 5.06. The summed E-state index contributed by atoms with van der Waals surface area (Å²) in [7, 11) is 0. The van der Waals surface area contributed by atoms with E-state index < -0.39 is 0 Å². The molecule has 1 unspecified atom stereocenters. The summed E-state index contributed by atoms with van der Waals surface area (Å²) in [5.74, 6) is 0. The molecule has 0 bridgehead atoms. The summed E-state index contributed by atoms with van der Waals surface area (Å²) < 4.78 is 2.24. The lowest BCUT2D eigenvalue weighted by Gasteiger charge is -2.04. The van der Waals surface area contributed by atoms with Crippen LogP contribution < -0.4 is 0 Å². The van der Waals surface area contributed by atoms with Crippen molar-refractivity contribution in [3.05, 3.63) is 0 Å². The highest BCUT2D eigenvalue weighted by Crippen LogP contribution is 2.14. The predicted molar refractivity (Wildman–Crippen MR) is 60.8 cm³/mol. The topological polar surface area (TPSA) is 0 Å². The Hall–Kier alpha value is 1.46. The Kier molecular flexibility index (Phi) is 8.79. The van der Waals surface area contributed by atoms with E-state index in [1.165, 1.54) is 30.1 Å². The molecule has 0 aromatic heterocycles. The van der Waals surface area contributed by atoms with Gasteiger partial charge in [0.2, 0.25) is 0 Å². The summed E-state index contributed by atoms with van der Waals surface area (Å²) in [6, 6.07) is 0. The molecular formula is C7H14I2. The molecule has 0 aliphatic carbocycles. The van der Waals surface area contributed by atoms with Crippen molar-refractivity contribution in [1.29, 1.82) is 0 Å². The molecule has 0 amide bonds. The summed E-state index contributed by atoms with van der Waals surface area (Å²) in [6.07, 6.45) is 5.56. The Bertz CT molecular complexity index is 54.9. The molecular weight excluding hydrogens is 338 g/mol. The lowest BCUT2D eigenvalue weighted by molar-refractivity contribution is 0.691. The number of hydrogen-bond acceptors (Lipinski definition) is 0. The van der Waals surface area contributed by atoms with Crippen molar-refractivity contribution in [3.8, 4) is 0 Å². The van der Waals surface area contributed by atoms with E-state index in [4.69, 9.17) is 0 Å². The van der Waals surface area contributed by atoms with E-state index in [2.05, 4.69) is 52.1 Å². The van der Waals surface area contributed by atoms with Crippen molar-refractivity contribution < 1.29 is 0 Å². The van der Waals surface area contributed by atoms with Gasteiger partial charge in [-0.3, -0.25) is 0 Å². The average Bonchev–Trinajstić information content (AvgIpc) is 1.85. The van der Waals surface area contributed by atoms with E-state index in [1.54, 1.807) is 0 Å². The number of alkyl halides is 2. The third-order valence-electron chi connectivity index (χ3n) is 1.29. The van der Waals surface area contributed by atoms with Crippen LogP contribution in [0.25, 0.3) is 0 Å². The highest BCUT2D eigenvalue weighted by molar-refractivity contribution is 14.1. The third kappa shape index (κ3) is 7.36. The van der Waals surface area contributed by atoms with E-state index in [0.29, 0.717) is 0 Å². The predicted octanol–water partition coefficient (Wildman–Crippen LogP) is 3.81. The van der Waals surface area contributed by atoms with E-state index in [-0.39, 0.29) is 0 Å². The Morgan fingerprint density at radius 3 is 2.44 bits per heavy atom. The molecule has 0 saturated carbocycles. The fourth-order valence-corrected chi connectivity index (χ4v) is 3.38. The third-order valence-corrected chi connectivity index (χ3v) is 3.16. The molecule has 56 valence electrons. The Balaban J connectivity index is 2.95. The van der Waals surface area contributed by atoms with Crippen molar-refractivity contribution >= 4 is 45.2 Å². The first-order valence-corrected chi connectivity index (χ1v) is 6.28. The maximum absolute atomic E-state index is 2.56. The molecule has 0 heterocycles. The number of rotatable bonds is 5. The van der Waals surface area contributed by atoms with E-state index in [0.717, 1.165) is 3.92 Å². The molecule has 0 spiro atoms. The zero-order chi connectivity index (χ0) is 7.11. The average molecular weight is 352 g/mol. The van der Waals surface area contributed by atoms with Crippen LogP contribution in [0.2, 0.25) is 0 Å². The van der Waals surface area contributed by atoms with Gasteiger partial charge >= 0.3 is 0 Å². The minimum absolute atomic E-state index is 0.930. The van der Waals surface area contributed by atoms with Crippen molar-refractivity contribution in [3.63, 3.8) is 0 Å². The molecule has 2 heteroatoms. The van der Waals surface area contributed by atoms with E-state index >= 15 is 0 Å². The quantitative estimate of drug-likeness (QED) is 0.522. The molecule has 0 aliphatic rings. The first-order chi connectivity index (χ1) is 4.31. The maximum Gasteiger partial charge on any atom is 0.0117 e. The maximum atomic E-state index is 2.56. The minimum Gasteiger partial charge on any atom is -0.0863 e. The fourth-order valence-electron chi connectivity index (χ4n) is 0.688. The van der Waals surface area contributed by atoms with Crippen molar-refractivity contribution in [1.82, 2.24) is 0 Å². The Morgan fingerprint density at radius 2 is 2.00 bits per heavy atom. The van der Waals surface area contributed by atoms with Crippen LogP contribution >= 0.6 is 45.2 Å². The van der Waals surface area contributed by atoms with Crippen LogP contribution in [0.3, 0.4) is 0 Å². The summed E-state index contributed by atoms with van der Waals surface area (Å²) in [4.78, 5) is 0.